The standard InChI is InChI=1S/C13H15NSi/c1-15(2,3)13-9-6-8-12(11-13)7-4-5-10-14/h6,8-9,11H,5H2,1-3H3. The van der Waals surface area contributed by atoms with Crippen LogP contribution in [0.2, 0.25) is 19.6 Å². The van der Waals surface area contributed by atoms with E-state index < -0.39 is 8.07 Å². The van der Waals surface area contributed by atoms with Crippen LogP contribution in [0.4, 0.5) is 0 Å². The van der Waals surface area contributed by atoms with Crippen LogP contribution in [0.3, 0.4) is 0 Å². The number of nitriles is 1. The minimum absolute atomic E-state index is 0.303. The molecular weight excluding hydrogens is 198 g/mol. The zero-order chi connectivity index (χ0) is 11.3. The Morgan fingerprint density at radius 1 is 1.27 bits per heavy atom. The average molecular weight is 213 g/mol. The van der Waals surface area contributed by atoms with E-state index in [0.717, 1.165) is 5.56 Å². The van der Waals surface area contributed by atoms with E-state index in [2.05, 4.69) is 43.6 Å². The molecule has 0 spiro atoms. The lowest BCUT2D eigenvalue weighted by Crippen LogP contribution is -2.37. The third-order valence-electron chi connectivity index (χ3n) is 2.13. The Morgan fingerprint density at radius 3 is 2.60 bits per heavy atom. The van der Waals surface area contributed by atoms with E-state index in [9.17, 15) is 0 Å². The molecule has 0 aromatic heterocycles. The maximum absolute atomic E-state index is 8.38. The van der Waals surface area contributed by atoms with E-state index in [4.69, 9.17) is 5.26 Å². The van der Waals surface area contributed by atoms with E-state index in [-0.39, 0.29) is 0 Å². The molecule has 0 fully saturated rings. The lowest BCUT2D eigenvalue weighted by Gasteiger charge is -2.16. The summed E-state index contributed by atoms with van der Waals surface area (Å²) in [5.74, 6) is 5.84. The predicted octanol–water partition coefficient (Wildman–Crippen LogP) is 2.50. The normalized spacial score (nSPS) is 10.0. The maximum Gasteiger partial charge on any atom is 0.0966 e. The number of hydrogen-bond donors (Lipinski definition) is 0. The lowest BCUT2D eigenvalue weighted by molar-refractivity contribution is 1.39. The van der Waals surface area contributed by atoms with Crippen LogP contribution in [0.5, 0.6) is 0 Å². The molecule has 0 bridgehead atoms. The summed E-state index contributed by atoms with van der Waals surface area (Å²) in [5.41, 5.74) is 1.02. The van der Waals surface area contributed by atoms with E-state index >= 15 is 0 Å². The van der Waals surface area contributed by atoms with Crippen molar-refractivity contribution in [3.05, 3.63) is 29.8 Å². The Kier molecular flexibility index (Phi) is 3.72. The van der Waals surface area contributed by atoms with Gasteiger partial charge < -0.3 is 0 Å². The number of benzene rings is 1. The van der Waals surface area contributed by atoms with Crippen molar-refractivity contribution in [2.45, 2.75) is 26.1 Å². The van der Waals surface area contributed by atoms with Gasteiger partial charge in [0.15, 0.2) is 0 Å². The SMILES string of the molecule is C[Si](C)(C)c1cccc(C#CCC#N)c1. The number of rotatable bonds is 1. The summed E-state index contributed by atoms with van der Waals surface area (Å²) < 4.78 is 0. The lowest BCUT2D eigenvalue weighted by atomic mass is 10.2. The van der Waals surface area contributed by atoms with Crippen LogP contribution in [-0.4, -0.2) is 8.07 Å². The molecule has 0 unspecified atom stereocenters. The van der Waals surface area contributed by atoms with Crippen molar-refractivity contribution < 1.29 is 0 Å². The third-order valence-corrected chi connectivity index (χ3v) is 4.17. The van der Waals surface area contributed by atoms with Gasteiger partial charge in [-0.1, -0.05) is 48.8 Å². The highest BCUT2D eigenvalue weighted by Crippen LogP contribution is 2.04. The van der Waals surface area contributed by atoms with Crippen LogP contribution in [0.15, 0.2) is 24.3 Å². The second-order valence-electron chi connectivity index (χ2n) is 4.47. The van der Waals surface area contributed by atoms with Crippen molar-refractivity contribution >= 4 is 13.3 Å². The van der Waals surface area contributed by atoms with Gasteiger partial charge >= 0.3 is 0 Å². The van der Waals surface area contributed by atoms with Gasteiger partial charge in [-0.3, -0.25) is 0 Å². The van der Waals surface area contributed by atoms with Crippen LogP contribution >= 0.6 is 0 Å². The first-order valence-corrected chi connectivity index (χ1v) is 8.50. The smallest absolute Gasteiger partial charge is 0.0966 e. The van der Waals surface area contributed by atoms with Gasteiger partial charge in [0.2, 0.25) is 0 Å². The predicted molar refractivity (Wildman–Crippen MR) is 66.5 cm³/mol. The summed E-state index contributed by atoms with van der Waals surface area (Å²) in [7, 11) is -1.25. The van der Waals surface area contributed by atoms with Gasteiger partial charge in [-0.05, 0) is 12.1 Å². The average Bonchev–Trinajstić information content (AvgIpc) is 2.17. The maximum atomic E-state index is 8.38. The molecular formula is C13H15NSi. The van der Waals surface area contributed by atoms with Gasteiger partial charge in [0.05, 0.1) is 20.6 Å². The Labute approximate surface area is 92.8 Å². The van der Waals surface area contributed by atoms with Crippen molar-refractivity contribution in [2.24, 2.45) is 0 Å². The fourth-order valence-electron chi connectivity index (χ4n) is 1.25. The molecule has 0 aliphatic carbocycles. The van der Waals surface area contributed by atoms with Crippen molar-refractivity contribution in [1.82, 2.24) is 0 Å². The number of hydrogen-bond acceptors (Lipinski definition) is 1. The van der Waals surface area contributed by atoms with E-state index in [1.807, 2.05) is 18.2 Å². The molecule has 1 nitrogen and oxygen atoms in total. The summed E-state index contributed by atoms with van der Waals surface area (Å²) in [5, 5.41) is 9.79. The zero-order valence-corrected chi connectivity index (χ0v) is 10.5. The quantitative estimate of drug-likeness (QED) is 0.519. The second kappa shape index (κ2) is 4.82. The molecule has 0 aliphatic rings. The minimum atomic E-state index is -1.25. The van der Waals surface area contributed by atoms with Crippen LogP contribution in [0.1, 0.15) is 12.0 Å². The van der Waals surface area contributed by atoms with E-state index in [1.54, 1.807) is 0 Å². The van der Waals surface area contributed by atoms with Crippen LogP contribution in [0.25, 0.3) is 0 Å². The molecule has 1 aromatic carbocycles. The molecule has 0 amide bonds. The monoisotopic (exact) mass is 213 g/mol. The molecule has 0 radical (unpaired) electrons. The Hall–Kier alpha value is -1.51. The van der Waals surface area contributed by atoms with Gasteiger partial charge in [0.25, 0.3) is 0 Å². The fourth-order valence-corrected chi connectivity index (χ4v) is 2.43. The molecule has 0 heterocycles. The highest BCUT2D eigenvalue weighted by atomic mass is 28.3. The second-order valence-corrected chi connectivity index (χ2v) is 9.54. The minimum Gasteiger partial charge on any atom is -0.197 e. The van der Waals surface area contributed by atoms with Gasteiger partial charge in [-0.2, -0.15) is 5.26 Å². The molecule has 0 saturated heterocycles. The third kappa shape index (κ3) is 3.62. The van der Waals surface area contributed by atoms with Crippen LogP contribution in [-0.2, 0) is 0 Å². The van der Waals surface area contributed by atoms with Gasteiger partial charge in [-0.15, -0.1) is 0 Å². The molecule has 0 saturated carbocycles. The molecule has 0 aliphatic heterocycles. The van der Waals surface area contributed by atoms with Gasteiger partial charge in [0.1, 0.15) is 0 Å². The highest BCUT2D eigenvalue weighted by Gasteiger charge is 2.15. The van der Waals surface area contributed by atoms with Crippen molar-refractivity contribution in [3.8, 4) is 17.9 Å². The van der Waals surface area contributed by atoms with E-state index in [0.29, 0.717) is 6.42 Å². The van der Waals surface area contributed by atoms with E-state index in [1.165, 1.54) is 5.19 Å². The Morgan fingerprint density at radius 2 is 2.00 bits per heavy atom. The summed E-state index contributed by atoms with van der Waals surface area (Å²) in [6.07, 6.45) is 0.303. The zero-order valence-electron chi connectivity index (χ0n) is 9.46. The van der Waals surface area contributed by atoms with Crippen LogP contribution in [0, 0.1) is 23.2 Å². The molecule has 76 valence electrons. The Bertz CT molecular complexity index is 438. The molecule has 1 aromatic rings. The van der Waals surface area contributed by atoms with Gasteiger partial charge in [-0.25, -0.2) is 0 Å². The summed E-state index contributed by atoms with van der Waals surface area (Å²) in [4.78, 5) is 0. The highest BCUT2D eigenvalue weighted by molar-refractivity contribution is 6.88. The van der Waals surface area contributed by atoms with Crippen molar-refractivity contribution in [2.75, 3.05) is 0 Å². The first-order valence-electron chi connectivity index (χ1n) is 5.00. The largest absolute Gasteiger partial charge is 0.197 e. The summed E-state index contributed by atoms with van der Waals surface area (Å²) >= 11 is 0. The topological polar surface area (TPSA) is 23.8 Å². The number of nitrogens with zero attached hydrogens (tertiary/aromatic N) is 1. The van der Waals surface area contributed by atoms with Crippen molar-refractivity contribution in [1.29, 1.82) is 5.26 Å². The molecule has 0 N–H and O–H groups in total. The summed E-state index contributed by atoms with van der Waals surface area (Å²) in [6.45, 7) is 6.94. The van der Waals surface area contributed by atoms with Crippen molar-refractivity contribution in [3.63, 3.8) is 0 Å². The summed E-state index contributed by atoms with van der Waals surface area (Å²) in [6, 6.07) is 10.4. The molecule has 0 atom stereocenters. The fraction of sp³-hybridized carbons (Fsp3) is 0.308. The molecule has 15 heavy (non-hydrogen) atoms. The first kappa shape index (κ1) is 11.6. The van der Waals surface area contributed by atoms with Gasteiger partial charge in [0, 0.05) is 5.56 Å². The van der Waals surface area contributed by atoms with Crippen LogP contribution < -0.4 is 5.19 Å². The first-order chi connectivity index (χ1) is 7.04. The Balaban J connectivity index is 2.96. The molecule has 2 heteroatoms. The molecule has 1 rings (SSSR count).